The number of fused-ring (bicyclic) bond motifs is 5. The number of carboxylic acids is 1. The van der Waals surface area contributed by atoms with Gasteiger partial charge in [0.25, 0.3) is 0 Å². The minimum absolute atomic E-state index is 0.0157. The molecule has 4 heteroatoms. The Kier molecular flexibility index (Phi) is 5.84. The maximum absolute atomic E-state index is 13.7. The molecule has 3 saturated carbocycles. The summed E-state index contributed by atoms with van der Waals surface area (Å²) in [6.07, 6.45) is 11.7. The third kappa shape index (κ3) is 3.56. The molecule has 0 heterocycles. The van der Waals surface area contributed by atoms with E-state index in [1.165, 1.54) is 38.5 Å². The highest BCUT2D eigenvalue weighted by Crippen LogP contribution is 2.66. The number of hydrogen-bond acceptors (Lipinski definition) is 2. The van der Waals surface area contributed by atoms with E-state index in [0.717, 1.165) is 18.3 Å². The molecular formula is C27H43NO3. The fourth-order valence-corrected chi connectivity index (χ4v) is 8.66. The lowest BCUT2D eigenvalue weighted by atomic mass is 9.45. The first-order valence-corrected chi connectivity index (χ1v) is 12.8. The van der Waals surface area contributed by atoms with Crippen molar-refractivity contribution in [2.45, 2.75) is 105 Å². The van der Waals surface area contributed by atoms with E-state index >= 15 is 0 Å². The van der Waals surface area contributed by atoms with E-state index in [1.807, 2.05) is 38.7 Å². The Morgan fingerprint density at radius 1 is 1.00 bits per heavy atom. The highest BCUT2D eigenvalue weighted by molar-refractivity contribution is 5.96. The third-order valence-electron chi connectivity index (χ3n) is 10.0. The van der Waals surface area contributed by atoms with Crippen molar-refractivity contribution < 1.29 is 14.7 Å². The zero-order valence-corrected chi connectivity index (χ0v) is 20.5. The Labute approximate surface area is 188 Å². The van der Waals surface area contributed by atoms with Gasteiger partial charge in [-0.05, 0) is 107 Å². The summed E-state index contributed by atoms with van der Waals surface area (Å²) in [7, 11) is 0. The van der Waals surface area contributed by atoms with Crippen LogP contribution in [-0.2, 0) is 9.59 Å². The molecule has 4 rings (SSSR count). The van der Waals surface area contributed by atoms with Crippen LogP contribution in [0.15, 0.2) is 11.6 Å². The molecule has 4 aliphatic rings. The van der Waals surface area contributed by atoms with Gasteiger partial charge in [0.1, 0.15) is 0 Å². The Balaban J connectivity index is 1.69. The van der Waals surface area contributed by atoms with E-state index in [1.54, 1.807) is 0 Å². The molecular weight excluding hydrogens is 386 g/mol. The predicted octanol–water partition coefficient (Wildman–Crippen LogP) is 5.91. The Morgan fingerprint density at radius 3 is 2.29 bits per heavy atom. The van der Waals surface area contributed by atoms with Crippen LogP contribution in [0.4, 0.5) is 0 Å². The van der Waals surface area contributed by atoms with Gasteiger partial charge in [-0.1, -0.05) is 26.3 Å². The first-order chi connectivity index (χ1) is 14.5. The average molecular weight is 430 g/mol. The Morgan fingerprint density at radius 2 is 1.68 bits per heavy atom. The van der Waals surface area contributed by atoms with Gasteiger partial charge in [0.05, 0.1) is 5.92 Å². The van der Waals surface area contributed by atoms with Crippen molar-refractivity contribution in [1.29, 1.82) is 0 Å². The molecule has 3 fully saturated rings. The number of aliphatic carboxylic acids is 1. The minimum atomic E-state index is -0.901. The maximum atomic E-state index is 13.7. The van der Waals surface area contributed by atoms with Crippen LogP contribution in [0.2, 0.25) is 0 Å². The zero-order valence-electron chi connectivity index (χ0n) is 20.5. The van der Waals surface area contributed by atoms with Crippen molar-refractivity contribution in [2.24, 2.45) is 40.4 Å². The van der Waals surface area contributed by atoms with Crippen LogP contribution in [0.3, 0.4) is 0 Å². The molecule has 174 valence electrons. The van der Waals surface area contributed by atoms with Crippen molar-refractivity contribution in [3.8, 4) is 0 Å². The number of allylic oxidation sites excluding steroid dienone is 1. The molecule has 0 aromatic heterocycles. The summed E-state index contributed by atoms with van der Waals surface area (Å²) in [5.41, 5.74) is 0.910. The first-order valence-electron chi connectivity index (χ1n) is 12.8. The number of hydrogen-bond donors (Lipinski definition) is 1. The van der Waals surface area contributed by atoms with Crippen LogP contribution in [0, 0.1) is 40.4 Å². The van der Waals surface area contributed by atoms with Gasteiger partial charge in [0.2, 0.25) is 5.91 Å². The van der Waals surface area contributed by atoms with E-state index in [4.69, 9.17) is 0 Å². The Bertz CT molecular complexity index is 762. The summed E-state index contributed by atoms with van der Waals surface area (Å²) < 4.78 is 0. The Hall–Kier alpha value is -1.32. The fourth-order valence-electron chi connectivity index (χ4n) is 8.66. The molecule has 4 aliphatic carbocycles. The van der Waals surface area contributed by atoms with Crippen LogP contribution in [-0.4, -0.2) is 34.0 Å². The number of rotatable bonds is 4. The topological polar surface area (TPSA) is 57.6 Å². The average Bonchev–Trinajstić information content (AvgIpc) is 3.07. The minimum Gasteiger partial charge on any atom is -0.478 e. The van der Waals surface area contributed by atoms with E-state index in [0.29, 0.717) is 29.2 Å². The van der Waals surface area contributed by atoms with E-state index in [-0.39, 0.29) is 23.4 Å². The molecule has 0 spiro atoms. The second-order valence-electron chi connectivity index (χ2n) is 12.3. The van der Waals surface area contributed by atoms with Crippen LogP contribution in [0.1, 0.15) is 92.9 Å². The molecule has 0 aromatic rings. The molecule has 0 aliphatic heterocycles. The molecule has 1 N–H and O–H groups in total. The third-order valence-corrected chi connectivity index (χ3v) is 10.0. The number of carbonyl (C=O) groups excluding carboxylic acids is 1. The van der Waals surface area contributed by atoms with Gasteiger partial charge >= 0.3 is 5.97 Å². The lowest BCUT2D eigenvalue weighted by molar-refractivity contribution is -0.147. The van der Waals surface area contributed by atoms with Gasteiger partial charge in [-0.3, -0.25) is 4.79 Å². The maximum Gasteiger partial charge on any atom is 0.332 e. The van der Waals surface area contributed by atoms with Crippen LogP contribution >= 0.6 is 0 Å². The predicted molar refractivity (Wildman–Crippen MR) is 123 cm³/mol. The van der Waals surface area contributed by atoms with E-state index in [9.17, 15) is 14.7 Å². The highest BCUT2D eigenvalue weighted by atomic mass is 16.4. The van der Waals surface area contributed by atoms with E-state index in [2.05, 4.69) is 13.8 Å². The van der Waals surface area contributed by atoms with Crippen molar-refractivity contribution in [3.05, 3.63) is 11.6 Å². The summed E-state index contributed by atoms with van der Waals surface area (Å²) in [6, 6.07) is 0.141. The normalized spacial score (nSPS) is 41.9. The van der Waals surface area contributed by atoms with Crippen molar-refractivity contribution >= 4 is 11.9 Å². The van der Waals surface area contributed by atoms with Gasteiger partial charge in [-0.2, -0.15) is 0 Å². The molecule has 0 bridgehead atoms. The standard InChI is InChI=1S/C27H43NO3/c1-16(2)28(17(3)4)24(29)21-15-27(6)18(14-20(21)25(30)31)9-10-19-22-8-7-12-26(22,5)13-11-23(19)27/h14,16-19,21-23H,7-13,15H2,1-6H3,(H,30,31)/t18?,19-,21?,22-,23+,26-,27-/m0/s1. The summed E-state index contributed by atoms with van der Waals surface area (Å²) >= 11 is 0. The fraction of sp³-hybridized carbons (Fsp3) is 0.852. The summed E-state index contributed by atoms with van der Waals surface area (Å²) in [5.74, 6) is 1.09. The number of amides is 1. The number of nitrogens with zero attached hydrogens (tertiary/aromatic N) is 1. The number of carbonyl (C=O) groups is 2. The zero-order chi connectivity index (χ0) is 22.7. The summed E-state index contributed by atoms with van der Waals surface area (Å²) in [5, 5.41) is 10.0. The molecule has 0 saturated heterocycles. The van der Waals surface area contributed by atoms with E-state index < -0.39 is 11.9 Å². The van der Waals surface area contributed by atoms with Crippen molar-refractivity contribution in [1.82, 2.24) is 4.90 Å². The van der Waals surface area contributed by atoms with Crippen molar-refractivity contribution in [2.75, 3.05) is 0 Å². The SMILES string of the molecule is CC(C)N(C(=O)C1C[C@@]2(C)C(C=C1C(=O)O)CC[C@@H]1[C@H]2CC[C@]2(C)CCC[C@@H]12)C(C)C. The van der Waals surface area contributed by atoms with Gasteiger partial charge in [-0.15, -0.1) is 0 Å². The van der Waals surface area contributed by atoms with Gasteiger partial charge in [0, 0.05) is 17.7 Å². The highest BCUT2D eigenvalue weighted by Gasteiger charge is 2.59. The largest absolute Gasteiger partial charge is 0.478 e. The summed E-state index contributed by atoms with van der Waals surface area (Å²) in [4.78, 5) is 27.9. The van der Waals surface area contributed by atoms with Gasteiger partial charge < -0.3 is 10.0 Å². The van der Waals surface area contributed by atoms with Crippen LogP contribution in [0.25, 0.3) is 0 Å². The smallest absolute Gasteiger partial charge is 0.332 e. The second kappa shape index (κ2) is 7.92. The molecule has 2 unspecified atom stereocenters. The lowest BCUT2D eigenvalue weighted by Crippen LogP contribution is -2.55. The molecule has 1 amide bonds. The van der Waals surface area contributed by atoms with Crippen molar-refractivity contribution in [3.63, 3.8) is 0 Å². The van der Waals surface area contributed by atoms with Gasteiger partial charge in [0.15, 0.2) is 0 Å². The number of carboxylic acid groups (broad SMARTS) is 1. The van der Waals surface area contributed by atoms with Gasteiger partial charge in [-0.25, -0.2) is 4.79 Å². The summed E-state index contributed by atoms with van der Waals surface area (Å²) in [6.45, 7) is 13.1. The molecule has 4 nitrogen and oxygen atoms in total. The van der Waals surface area contributed by atoms with Crippen LogP contribution in [0.5, 0.6) is 0 Å². The quantitative estimate of drug-likeness (QED) is 0.604. The second-order valence-corrected chi connectivity index (χ2v) is 12.3. The lowest BCUT2D eigenvalue weighted by Gasteiger charge is -2.60. The molecule has 0 aromatic carbocycles. The monoisotopic (exact) mass is 429 g/mol. The van der Waals surface area contributed by atoms with Crippen LogP contribution < -0.4 is 0 Å². The first kappa shape index (κ1) is 22.9. The molecule has 0 radical (unpaired) electrons. The molecule has 31 heavy (non-hydrogen) atoms. The molecule has 7 atom stereocenters.